The molecule has 1 saturated carbocycles. The van der Waals surface area contributed by atoms with Crippen LogP contribution in [-0.2, 0) is 6.42 Å². The smallest absolute Gasteiger partial charge is 0.0130 e. The van der Waals surface area contributed by atoms with E-state index in [4.69, 9.17) is 0 Å². The van der Waals surface area contributed by atoms with E-state index in [0.717, 1.165) is 12.0 Å². The summed E-state index contributed by atoms with van der Waals surface area (Å²) in [6.45, 7) is 3.44. The average molecular weight is 371 g/mol. The summed E-state index contributed by atoms with van der Waals surface area (Å²) in [6, 6.07) is 9.84. The molecule has 1 aliphatic carbocycles. The Bertz CT molecular complexity index is 360. The van der Waals surface area contributed by atoms with E-state index in [2.05, 4.69) is 59.1 Å². The van der Waals surface area contributed by atoms with Crippen LogP contribution in [0, 0.1) is 9.49 Å². The van der Waals surface area contributed by atoms with Gasteiger partial charge in [-0.3, -0.25) is 0 Å². The van der Waals surface area contributed by atoms with Gasteiger partial charge in [-0.25, -0.2) is 0 Å². The van der Waals surface area contributed by atoms with Crippen molar-refractivity contribution in [2.45, 2.75) is 57.9 Å². The molecule has 0 radical (unpaired) electrons. The molecule has 2 atom stereocenters. The molecule has 2 heteroatoms. The summed E-state index contributed by atoms with van der Waals surface area (Å²) in [6.07, 6.45) is 9.49. The van der Waals surface area contributed by atoms with Gasteiger partial charge in [-0.05, 0) is 78.4 Å². The second-order valence-electron chi connectivity index (χ2n) is 5.87. The third-order valence-electron chi connectivity index (χ3n) is 4.15. The molecule has 0 bridgehead atoms. The molecular formula is C17H26IN. The van der Waals surface area contributed by atoms with Gasteiger partial charge >= 0.3 is 0 Å². The molecule has 0 amide bonds. The van der Waals surface area contributed by atoms with Crippen LogP contribution < -0.4 is 5.32 Å². The lowest BCUT2D eigenvalue weighted by Gasteiger charge is -2.21. The lowest BCUT2D eigenvalue weighted by molar-refractivity contribution is 0.384. The molecular weight excluding hydrogens is 345 g/mol. The van der Waals surface area contributed by atoms with Crippen LogP contribution >= 0.6 is 22.6 Å². The maximum Gasteiger partial charge on any atom is 0.0130 e. The summed E-state index contributed by atoms with van der Waals surface area (Å²) in [4.78, 5) is 0. The largest absolute Gasteiger partial charge is 0.314 e. The van der Waals surface area contributed by atoms with Crippen molar-refractivity contribution < 1.29 is 0 Å². The summed E-state index contributed by atoms with van der Waals surface area (Å²) in [7, 11) is 0. The third-order valence-corrected chi connectivity index (χ3v) is 4.87. The first-order valence-electron chi connectivity index (χ1n) is 7.75. The minimum absolute atomic E-state index is 0.760. The van der Waals surface area contributed by atoms with Gasteiger partial charge in [0.25, 0.3) is 0 Å². The van der Waals surface area contributed by atoms with Crippen LogP contribution in [-0.4, -0.2) is 12.6 Å². The summed E-state index contributed by atoms with van der Waals surface area (Å²) in [5.41, 5.74) is 1.52. The lowest BCUT2D eigenvalue weighted by Crippen LogP contribution is -2.31. The minimum atomic E-state index is 0.760. The van der Waals surface area contributed by atoms with Gasteiger partial charge in [0.1, 0.15) is 0 Å². The molecule has 1 aromatic carbocycles. The summed E-state index contributed by atoms with van der Waals surface area (Å²) < 4.78 is 1.34. The third kappa shape index (κ3) is 5.42. The number of rotatable bonds is 5. The molecule has 0 saturated heterocycles. The van der Waals surface area contributed by atoms with Crippen LogP contribution in [0.3, 0.4) is 0 Å². The molecule has 1 aliphatic rings. The Morgan fingerprint density at radius 2 is 1.89 bits per heavy atom. The first-order chi connectivity index (χ1) is 9.28. The molecule has 106 valence electrons. The number of hydrogen-bond donors (Lipinski definition) is 1. The van der Waals surface area contributed by atoms with Gasteiger partial charge in [-0.15, -0.1) is 0 Å². The Hall–Kier alpha value is -0.0900. The van der Waals surface area contributed by atoms with Crippen molar-refractivity contribution in [2.24, 2.45) is 5.92 Å². The van der Waals surface area contributed by atoms with Crippen molar-refractivity contribution in [2.75, 3.05) is 6.54 Å². The monoisotopic (exact) mass is 371 g/mol. The molecule has 2 unspecified atom stereocenters. The molecule has 2 rings (SSSR count). The fraction of sp³-hybridized carbons (Fsp3) is 0.647. The van der Waals surface area contributed by atoms with E-state index in [0.29, 0.717) is 0 Å². The average Bonchev–Trinajstić information content (AvgIpc) is 2.64. The molecule has 0 spiro atoms. The number of nitrogens with one attached hydrogen (secondary N) is 1. The normalized spacial score (nSPS) is 24.1. The van der Waals surface area contributed by atoms with Crippen LogP contribution in [0.5, 0.6) is 0 Å². The van der Waals surface area contributed by atoms with E-state index < -0.39 is 0 Å². The van der Waals surface area contributed by atoms with E-state index in [1.54, 1.807) is 0 Å². The highest BCUT2D eigenvalue weighted by Gasteiger charge is 2.19. The van der Waals surface area contributed by atoms with E-state index in [1.807, 2.05) is 0 Å². The second kappa shape index (κ2) is 8.25. The predicted octanol–water partition coefficient (Wildman–Crippen LogP) is 4.78. The molecule has 19 heavy (non-hydrogen) atoms. The Kier molecular flexibility index (Phi) is 6.65. The maximum atomic E-state index is 3.73. The van der Waals surface area contributed by atoms with E-state index in [9.17, 15) is 0 Å². The van der Waals surface area contributed by atoms with Gasteiger partial charge in [0.15, 0.2) is 0 Å². The van der Waals surface area contributed by atoms with Crippen molar-refractivity contribution in [3.63, 3.8) is 0 Å². The molecule has 1 aromatic rings. The number of hydrogen-bond acceptors (Lipinski definition) is 1. The highest BCUT2D eigenvalue weighted by molar-refractivity contribution is 14.1. The number of halogens is 1. The summed E-state index contributed by atoms with van der Waals surface area (Å²) >= 11 is 2.38. The highest BCUT2D eigenvalue weighted by Crippen LogP contribution is 2.26. The Morgan fingerprint density at radius 1 is 1.16 bits per heavy atom. The van der Waals surface area contributed by atoms with Gasteiger partial charge in [0.05, 0.1) is 0 Å². The van der Waals surface area contributed by atoms with Gasteiger partial charge in [-0.2, -0.15) is 0 Å². The van der Waals surface area contributed by atoms with Crippen LogP contribution in [0.25, 0.3) is 0 Å². The van der Waals surface area contributed by atoms with Crippen LogP contribution in [0.1, 0.15) is 51.0 Å². The van der Waals surface area contributed by atoms with Gasteiger partial charge in [0.2, 0.25) is 0 Å². The molecule has 1 N–H and O–H groups in total. The zero-order chi connectivity index (χ0) is 13.5. The van der Waals surface area contributed by atoms with E-state index in [-0.39, 0.29) is 0 Å². The molecule has 0 heterocycles. The zero-order valence-electron chi connectivity index (χ0n) is 12.0. The zero-order valence-corrected chi connectivity index (χ0v) is 14.2. The Balaban J connectivity index is 1.88. The quantitative estimate of drug-likeness (QED) is 0.580. The fourth-order valence-corrected chi connectivity index (χ4v) is 3.49. The molecule has 0 aromatic heterocycles. The van der Waals surface area contributed by atoms with Crippen LogP contribution in [0.2, 0.25) is 0 Å². The van der Waals surface area contributed by atoms with Crippen LogP contribution in [0.15, 0.2) is 24.3 Å². The molecule has 1 nitrogen and oxygen atoms in total. The Labute approximate surface area is 131 Å². The first-order valence-corrected chi connectivity index (χ1v) is 8.83. The number of benzene rings is 1. The standard InChI is InChI=1S/C17H26IN/c1-2-11-19-17-6-4-3-5-15(13-17)12-14-7-9-16(18)10-8-14/h7-10,15,17,19H,2-6,11-13H2,1H3. The Morgan fingerprint density at radius 3 is 2.63 bits per heavy atom. The molecule has 1 fully saturated rings. The van der Waals surface area contributed by atoms with Crippen molar-refractivity contribution in [3.05, 3.63) is 33.4 Å². The molecule has 0 aliphatic heterocycles. The fourth-order valence-electron chi connectivity index (χ4n) is 3.13. The van der Waals surface area contributed by atoms with Crippen molar-refractivity contribution in [1.82, 2.24) is 5.32 Å². The van der Waals surface area contributed by atoms with Crippen molar-refractivity contribution in [1.29, 1.82) is 0 Å². The lowest BCUT2D eigenvalue weighted by atomic mass is 9.91. The van der Waals surface area contributed by atoms with E-state index in [1.165, 1.54) is 60.6 Å². The summed E-state index contributed by atoms with van der Waals surface area (Å²) in [5, 5.41) is 3.73. The van der Waals surface area contributed by atoms with Crippen molar-refractivity contribution >= 4 is 22.6 Å². The topological polar surface area (TPSA) is 12.0 Å². The second-order valence-corrected chi connectivity index (χ2v) is 7.11. The SMILES string of the molecule is CCCNC1CCCCC(Cc2ccc(I)cc2)C1. The van der Waals surface area contributed by atoms with Crippen LogP contribution in [0.4, 0.5) is 0 Å². The van der Waals surface area contributed by atoms with Gasteiger partial charge in [-0.1, -0.05) is 38.3 Å². The predicted molar refractivity (Wildman–Crippen MR) is 91.5 cm³/mol. The maximum absolute atomic E-state index is 3.73. The van der Waals surface area contributed by atoms with Crippen molar-refractivity contribution in [3.8, 4) is 0 Å². The van der Waals surface area contributed by atoms with Gasteiger partial charge in [0, 0.05) is 9.61 Å². The summed E-state index contributed by atoms with van der Waals surface area (Å²) in [5.74, 6) is 0.872. The van der Waals surface area contributed by atoms with Gasteiger partial charge < -0.3 is 5.32 Å². The highest BCUT2D eigenvalue weighted by atomic mass is 127. The minimum Gasteiger partial charge on any atom is -0.314 e. The first kappa shape index (κ1) is 15.3. The van der Waals surface area contributed by atoms with E-state index >= 15 is 0 Å².